The standard InChI is InChI=1S/C22H17N3OS/c23-21(26)20(16-11-5-2-6-12-16)27-22-18-14-8-7-13-17(18)19(24-25-22)15-9-3-1-4-10-15/h1-14,20H,(H2,23,26)/t20-/m1/s1. The van der Waals surface area contributed by atoms with Gasteiger partial charge in [-0.1, -0.05) is 96.7 Å². The molecule has 1 heterocycles. The average molecular weight is 371 g/mol. The minimum absolute atomic E-state index is 0.399. The molecule has 3 aromatic carbocycles. The summed E-state index contributed by atoms with van der Waals surface area (Å²) in [7, 11) is 0. The van der Waals surface area contributed by atoms with E-state index in [1.54, 1.807) is 0 Å². The number of primary amides is 1. The van der Waals surface area contributed by atoms with E-state index < -0.39 is 11.2 Å². The van der Waals surface area contributed by atoms with Crippen molar-refractivity contribution in [3.05, 3.63) is 90.5 Å². The quantitative estimate of drug-likeness (QED) is 0.520. The molecule has 4 nitrogen and oxygen atoms in total. The zero-order valence-corrected chi connectivity index (χ0v) is 15.3. The van der Waals surface area contributed by atoms with Crippen LogP contribution in [0.5, 0.6) is 0 Å². The first-order chi connectivity index (χ1) is 13.2. The van der Waals surface area contributed by atoms with Gasteiger partial charge in [-0.15, -0.1) is 10.2 Å². The highest BCUT2D eigenvalue weighted by Gasteiger charge is 2.22. The van der Waals surface area contributed by atoms with Crippen LogP contribution in [0.2, 0.25) is 0 Å². The number of hydrogen-bond acceptors (Lipinski definition) is 4. The van der Waals surface area contributed by atoms with E-state index in [-0.39, 0.29) is 0 Å². The normalized spacial score (nSPS) is 12.0. The molecule has 27 heavy (non-hydrogen) atoms. The topological polar surface area (TPSA) is 68.9 Å². The van der Waals surface area contributed by atoms with Gasteiger partial charge in [-0.25, -0.2) is 0 Å². The molecule has 1 amide bonds. The van der Waals surface area contributed by atoms with Gasteiger partial charge in [-0.2, -0.15) is 0 Å². The first-order valence-electron chi connectivity index (χ1n) is 8.56. The van der Waals surface area contributed by atoms with Crippen LogP contribution < -0.4 is 5.73 Å². The second-order valence-corrected chi connectivity index (χ2v) is 7.17. The summed E-state index contributed by atoms with van der Waals surface area (Å²) in [6.07, 6.45) is 0. The van der Waals surface area contributed by atoms with Crippen LogP contribution in [0.4, 0.5) is 0 Å². The minimum atomic E-state index is -0.522. The summed E-state index contributed by atoms with van der Waals surface area (Å²) in [6, 6.07) is 27.4. The van der Waals surface area contributed by atoms with Crippen molar-refractivity contribution in [1.82, 2.24) is 10.2 Å². The molecule has 4 rings (SSSR count). The van der Waals surface area contributed by atoms with Crippen molar-refractivity contribution < 1.29 is 4.79 Å². The molecule has 1 atom stereocenters. The van der Waals surface area contributed by atoms with Crippen LogP contribution in [0.25, 0.3) is 22.0 Å². The smallest absolute Gasteiger partial charge is 0.235 e. The molecular weight excluding hydrogens is 354 g/mol. The summed E-state index contributed by atoms with van der Waals surface area (Å²) < 4.78 is 0. The van der Waals surface area contributed by atoms with Gasteiger partial charge in [0.15, 0.2) is 0 Å². The van der Waals surface area contributed by atoms with E-state index in [9.17, 15) is 4.79 Å². The summed E-state index contributed by atoms with van der Waals surface area (Å²) in [6.45, 7) is 0. The Bertz CT molecular complexity index is 1080. The van der Waals surface area contributed by atoms with Crippen LogP contribution in [0.1, 0.15) is 10.8 Å². The molecule has 0 radical (unpaired) electrons. The van der Waals surface area contributed by atoms with E-state index in [0.29, 0.717) is 5.03 Å². The summed E-state index contributed by atoms with van der Waals surface area (Å²) in [4.78, 5) is 12.1. The van der Waals surface area contributed by atoms with Crippen LogP contribution in [-0.2, 0) is 4.79 Å². The highest BCUT2D eigenvalue weighted by Crippen LogP contribution is 2.38. The Morgan fingerprint density at radius 1 is 0.778 bits per heavy atom. The predicted molar refractivity (Wildman–Crippen MR) is 109 cm³/mol. The molecule has 0 aliphatic heterocycles. The lowest BCUT2D eigenvalue weighted by atomic mass is 10.1. The number of nitrogens with zero attached hydrogens (tertiary/aromatic N) is 2. The van der Waals surface area contributed by atoms with Gasteiger partial charge in [-0.05, 0) is 5.56 Å². The van der Waals surface area contributed by atoms with E-state index in [1.165, 1.54) is 11.8 Å². The van der Waals surface area contributed by atoms with Crippen LogP contribution in [0.3, 0.4) is 0 Å². The Morgan fingerprint density at radius 2 is 1.37 bits per heavy atom. The zero-order valence-electron chi connectivity index (χ0n) is 14.4. The van der Waals surface area contributed by atoms with Crippen molar-refractivity contribution in [3.63, 3.8) is 0 Å². The number of nitrogens with two attached hydrogens (primary N) is 1. The molecular formula is C22H17N3OS. The molecule has 0 unspecified atom stereocenters. The molecule has 0 aliphatic rings. The van der Waals surface area contributed by atoms with Gasteiger partial charge in [-0.3, -0.25) is 4.79 Å². The summed E-state index contributed by atoms with van der Waals surface area (Å²) in [5.74, 6) is -0.399. The molecule has 0 spiro atoms. The summed E-state index contributed by atoms with van der Waals surface area (Å²) in [5.41, 5.74) is 8.36. The fraction of sp³-hybridized carbons (Fsp3) is 0.0455. The third-order valence-corrected chi connectivity index (χ3v) is 5.56. The first kappa shape index (κ1) is 17.2. The van der Waals surface area contributed by atoms with Gasteiger partial charge in [0.05, 0.1) is 0 Å². The number of rotatable bonds is 5. The Morgan fingerprint density at radius 3 is 2.04 bits per heavy atom. The fourth-order valence-corrected chi connectivity index (χ4v) is 4.03. The Hall–Kier alpha value is -3.18. The maximum absolute atomic E-state index is 12.1. The molecule has 2 N–H and O–H groups in total. The maximum Gasteiger partial charge on any atom is 0.235 e. The molecule has 0 saturated heterocycles. The molecule has 0 aliphatic carbocycles. The SMILES string of the molecule is NC(=O)[C@H](Sc1nnc(-c2ccccc2)c2ccccc12)c1ccccc1. The Kier molecular flexibility index (Phi) is 4.85. The third-order valence-electron chi connectivity index (χ3n) is 4.29. The van der Waals surface area contributed by atoms with Crippen LogP contribution in [-0.4, -0.2) is 16.1 Å². The number of thioether (sulfide) groups is 1. The monoisotopic (exact) mass is 371 g/mol. The van der Waals surface area contributed by atoms with Crippen molar-refractivity contribution in [3.8, 4) is 11.3 Å². The molecule has 0 saturated carbocycles. The lowest BCUT2D eigenvalue weighted by Gasteiger charge is -2.15. The molecule has 1 aromatic heterocycles. The van der Waals surface area contributed by atoms with Gasteiger partial charge in [0.1, 0.15) is 16.0 Å². The predicted octanol–water partition coefficient (Wildman–Crippen LogP) is 4.62. The van der Waals surface area contributed by atoms with E-state index >= 15 is 0 Å². The van der Waals surface area contributed by atoms with Crippen LogP contribution in [0.15, 0.2) is 90.0 Å². The van der Waals surface area contributed by atoms with Gasteiger partial charge in [0, 0.05) is 16.3 Å². The summed E-state index contributed by atoms with van der Waals surface area (Å²) >= 11 is 1.34. The highest BCUT2D eigenvalue weighted by atomic mass is 32.2. The van der Waals surface area contributed by atoms with E-state index in [2.05, 4.69) is 10.2 Å². The maximum atomic E-state index is 12.1. The van der Waals surface area contributed by atoms with Gasteiger partial charge >= 0.3 is 0 Å². The van der Waals surface area contributed by atoms with Gasteiger partial charge in [0.25, 0.3) is 0 Å². The Labute approximate surface area is 161 Å². The van der Waals surface area contributed by atoms with Gasteiger partial charge < -0.3 is 5.73 Å². The molecule has 0 bridgehead atoms. The second kappa shape index (κ2) is 7.60. The molecule has 132 valence electrons. The van der Waals surface area contributed by atoms with Crippen LogP contribution in [0, 0.1) is 0 Å². The number of benzene rings is 3. The number of carbonyl (C=O) groups is 1. The zero-order chi connectivity index (χ0) is 18.6. The number of aromatic nitrogens is 2. The first-order valence-corrected chi connectivity index (χ1v) is 9.44. The van der Waals surface area contributed by atoms with E-state index in [4.69, 9.17) is 5.73 Å². The number of hydrogen-bond donors (Lipinski definition) is 1. The Balaban J connectivity index is 1.80. The van der Waals surface area contributed by atoms with Crippen molar-refractivity contribution in [2.45, 2.75) is 10.3 Å². The van der Waals surface area contributed by atoms with Crippen molar-refractivity contribution in [2.75, 3.05) is 0 Å². The minimum Gasteiger partial charge on any atom is -0.368 e. The third kappa shape index (κ3) is 3.55. The molecule has 5 heteroatoms. The number of fused-ring (bicyclic) bond motifs is 1. The summed E-state index contributed by atoms with van der Waals surface area (Å²) in [5, 5.41) is 11.0. The van der Waals surface area contributed by atoms with Crippen molar-refractivity contribution in [2.24, 2.45) is 5.73 Å². The molecule has 0 fully saturated rings. The fourth-order valence-electron chi connectivity index (χ4n) is 3.01. The van der Waals surface area contributed by atoms with E-state index in [0.717, 1.165) is 27.6 Å². The largest absolute Gasteiger partial charge is 0.368 e. The second-order valence-electron chi connectivity index (χ2n) is 6.08. The van der Waals surface area contributed by atoms with E-state index in [1.807, 2.05) is 84.9 Å². The average Bonchev–Trinajstić information content (AvgIpc) is 2.73. The highest BCUT2D eigenvalue weighted by molar-refractivity contribution is 8.00. The molecule has 4 aromatic rings. The lowest BCUT2D eigenvalue weighted by Crippen LogP contribution is -2.19. The van der Waals surface area contributed by atoms with Crippen molar-refractivity contribution in [1.29, 1.82) is 0 Å². The number of amides is 1. The number of carbonyl (C=O) groups excluding carboxylic acids is 1. The van der Waals surface area contributed by atoms with Crippen molar-refractivity contribution >= 4 is 28.4 Å². The van der Waals surface area contributed by atoms with Gasteiger partial charge in [0.2, 0.25) is 5.91 Å². The lowest BCUT2D eigenvalue weighted by molar-refractivity contribution is -0.117. The van der Waals surface area contributed by atoms with Crippen LogP contribution >= 0.6 is 11.8 Å².